The predicted molar refractivity (Wildman–Crippen MR) is 56.0 cm³/mol. The zero-order chi connectivity index (χ0) is 9.10. The third-order valence-electron chi connectivity index (χ3n) is 2.31. The first kappa shape index (κ1) is 8.57. The lowest BCUT2D eigenvalue weighted by atomic mass is 10.1. The van der Waals surface area contributed by atoms with Gasteiger partial charge in [-0.25, -0.2) is 0 Å². The van der Waals surface area contributed by atoms with E-state index >= 15 is 0 Å². The average molecular weight is 176 g/mol. The molecule has 0 spiro atoms. The largest absolute Gasteiger partial charge is 0.385 e. The minimum Gasteiger partial charge on any atom is -0.385 e. The highest BCUT2D eigenvalue weighted by atomic mass is 15.1. The molecule has 1 fully saturated rings. The second kappa shape index (κ2) is 3.79. The van der Waals surface area contributed by atoms with E-state index in [0.29, 0.717) is 6.04 Å². The zero-order valence-electron chi connectivity index (χ0n) is 8.01. The summed E-state index contributed by atoms with van der Waals surface area (Å²) in [7, 11) is 0. The van der Waals surface area contributed by atoms with Crippen LogP contribution < -0.4 is 10.6 Å². The highest BCUT2D eigenvalue weighted by Crippen LogP contribution is 2.28. The third kappa shape index (κ3) is 2.01. The summed E-state index contributed by atoms with van der Waals surface area (Å²) in [4.78, 5) is 0. The van der Waals surface area contributed by atoms with Crippen molar-refractivity contribution in [2.75, 3.05) is 18.4 Å². The quantitative estimate of drug-likeness (QED) is 0.689. The maximum Gasteiger partial charge on any atom is 0.0468 e. The van der Waals surface area contributed by atoms with Gasteiger partial charge in [0.15, 0.2) is 0 Å². The minimum absolute atomic E-state index is 0.598. The number of hydrogen-bond acceptors (Lipinski definition) is 2. The van der Waals surface area contributed by atoms with Gasteiger partial charge in [0.05, 0.1) is 0 Å². The standard InChI is InChI=1S/C11H16N2/c1-2-7-12-10-6-4-3-5-9(10)11-8-13-11/h3-6,11-13H,2,7-8H2,1H3. The molecule has 1 aliphatic rings. The van der Waals surface area contributed by atoms with Crippen LogP contribution in [-0.2, 0) is 0 Å². The monoisotopic (exact) mass is 176 g/mol. The van der Waals surface area contributed by atoms with E-state index in [4.69, 9.17) is 0 Å². The molecule has 1 unspecified atom stereocenters. The molecule has 70 valence electrons. The molecule has 1 heterocycles. The average Bonchev–Trinajstić information content (AvgIpc) is 2.98. The van der Waals surface area contributed by atoms with Crippen LogP contribution in [0.2, 0.25) is 0 Å². The van der Waals surface area contributed by atoms with Gasteiger partial charge in [-0.05, 0) is 18.1 Å². The van der Waals surface area contributed by atoms with E-state index < -0.39 is 0 Å². The summed E-state index contributed by atoms with van der Waals surface area (Å²) in [5, 5.41) is 6.77. The van der Waals surface area contributed by atoms with Gasteiger partial charge in [0.25, 0.3) is 0 Å². The van der Waals surface area contributed by atoms with Gasteiger partial charge in [0, 0.05) is 24.8 Å². The van der Waals surface area contributed by atoms with Crippen LogP contribution in [-0.4, -0.2) is 13.1 Å². The van der Waals surface area contributed by atoms with E-state index in [-0.39, 0.29) is 0 Å². The van der Waals surface area contributed by atoms with Crippen LogP contribution in [0.4, 0.5) is 5.69 Å². The molecule has 2 nitrogen and oxygen atoms in total. The van der Waals surface area contributed by atoms with E-state index in [1.54, 1.807) is 0 Å². The van der Waals surface area contributed by atoms with Gasteiger partial charge in [-0.2, -0.15) is 0 Å². The molecule has 0 saturated carbocycles. The predicted octanol–water partition coefficient (Wildman–Crippen LogP) is 2.15. The van der Waals surface area contributed by atoms with E-state index in [1.165, 1.54) is 17.7 Å². The second-order valence-corrected chi connectivity index (χ2v) is 3.47. The maximum absolute atomic E-state index is 3.44. The molecule has 1 aromatic rings. The number of rotatable bonds is 4. The van der Waals surface area contributed by atoms with Crippen LogP contribution in [0.15, 0.2) is 24.3 Å². The van der Waals surface area contributed by atoms with Crippen molar-refractivity contribution in [2.45, 2.75) is 19.4 Å². The van der Waals surface area contributed by atoms with Gasteiger partial charge in [-0.15, -0.1) is 0 Å². The molecular formula is C11H16N2. The Labute approximate surface area is 79.4 Å². The van der Waals surface area contributed by atoms with Crippen LogP contribution in [0.1, 0.15) is 24.9 Å². The van der Waals surface area contributed by atoms with Gasteiger partial charge < -0.3 is 10.6 Å². The van der Waals surface area contributed by atoms with Gasteiger partial charge in [-0.1, -0.05) is 25.1 Å². The molecule has 2 N–H and O–H groups in total. The zero-order valence-corrected chi connectivity index (χ0v) is 8.01. The Hall–Kier alpha value is -1.02. The van der Waals surface area contributed by atoms with Crippen LogP contribution in [0.3, 0.4) is 0 Å². The molecule has 0 amide bonds. The molecule has 1 atom stereocenters. The van der Waals surface area contributed by atoms with Crippen LogP contribution >= 0.6 is 0 Å². The van der Waals surface area contributed by atoms with E-state index in [2.05, 4.69) is 41.8 Å². The molecule has 0 bridgehead atoms. The molecule has 0 radical (unpaired) electrons. The van der Waals surface area contributed by atoms with Gasteiger partial charge in [0.1, 0.15) is 0 Å². The molecule has 0 aromatic heterocycles. The number of benzene rings is 1. The smallest absolute Gasteiger partial charge is 0.0468 e. The van der Waals surface area contributed by atoms with Gasteiger partial charge in [-0.3, -0.25) is 0 Å². The molecule has 1 aliphatic heterocycles. The number of hydrogen-bond donors (Lipinski definition) is 2. The number of anilines is 1. The Morgan fingerprint density at radius 1 is 1.46 bits per heavy atom. The highest BCUT2D eigenvalue weighted by molar-refractivity contribution is 5.53. The minimum atomic E-state index is 0.598. The third-order valence-corrected chi connectivity index (χ3v) is 2.31. The first-order chi connectivity index (χ1) is 6.42. The van der Waals surface area contributed by atoms with E-state index in [9.17, 15) is 0 Å². The number of para-hydroxylation sites is 1. The summed E-state index contributed by atoms with van der Waals surface area (Å²) < 4.78 is 0. The Morgan fingerprint density at radius 2 is 2.23 bits per heavy atom. The highest BCUT2D eigenvalue weighted by Gasteiger charge is 2.24. The van der Waals surface area contributed by atoms with Crippen molar-refractivity contribution >= 4 is 5.69 Å². The fourth-order valence-electron chi connectivity index (χ4n) is 1.50. The van der Waals surface area contributed by atoms with Gasteiger partial charge >= 0.3 is 0 Å². The summed E-state index contributed by atoms with van der Waals surface area (Å²) in [6.07, 6.45) is 1.17. The first-order valence-corrected chi connectivity index (χ1v) is 4.98. The molecule has 1 saturated heterocycles. The summed E-state index contributed by atoms with van der Waals surface area (Å²) in [5.74, 6) is 0. The summed E-state index contributed by atoms with van der Waals surface area (Å²) >= 11 is 0. The van der Waals surface area contributed by atoms with Crippen LogP contribution in [0.25, 0.3) is 0 Å². The Balaban J connectivity index is 2.12. The van der Waals surface area contributed by atoms with Crippen molar-refractivity contribution in [2.24, 2.45) is 0 Å². The molecule has 0 aliphatic carbocycles. The molecule has 13 heavy (non-hydrogen) atoms. The van der Waals surface area contributed by atoms with Crippen molar-refractivity contribution in [3.8, 4) is 0 Å². The lowest BCUT2D eigenvalue weighted by Crippen LogP contribution is -2.02. The normalized spacial score (nSPS) is 19.9. The Bertz CT molecular complexity index is 279. The van der Waals surface area contributed by atoms with Crippen LogP contribution in [0.5, 0.6) is 0 Å². The fraction of sp³-hybridized carbons (Fsp3) is 0.455. The van der Waals surface area contributed by atoms with Crippen molar-refractivity contribution < 1.29 is 0 Å². The molecule has 2 rings (SSSR count). The molecular weight excluding hydrogens is 160 g/mol. The van der Waals surface area contributed by atoms with Crippen molar-refractivity contribution in [1.29, 1.82) is 0 Å². The number of nitrogens with one attached hydrogen (secondary N) is 2. The Kier molecular flexibility index (Phi) is 2.50. The first-order valence-electron chi connectivity index (χ1n) is 4.98. The molecule has 2 heteroatoms. The lowest BCUT2D eigenvalue weighted by Gasteiger charge is -2.09. The van der Waals surface area contributed by atoms with Crippen molar-refractivity contribution in [1.82, 2.24) is 5.32 Å². The van der Waals surface area contributed by atoms with Gasteiger partial charge in [0.2, 0.25) is 0 Å². The maximum atomic E-state index is 3.44. The van der Waals surface area contributed by atoms with Crippen LogP contribution in [0, 0.1) is 0 Å². The molecule has 1 aromatic carbocycles. The van der Waals surface area contributed by atoms with Crippen molar-refractivity contribution in [3.63, 3.8) is 0 Å². The van der Waals surface area contributed by atoms with Crippen molar-refractivity contribution in [3.05, 3.63) is 29.8 Å². The second-order valence-electron chi connectivity index (χ2n) is 3.47. The lowest BCUT2D eigenvalue weighted by molar-refractivity contribution is 0.969. The summed E-state index contributed by atoms with van der Waals surface area (Å²) in [6.45, 7) is 4.37. The van der Waals surface area contributed by atoms with E-state index in [0.717, 1.165) is 13.1 Å². The summed E-state index contributed by atoms with van der Waals surface area (Å²) in [5.41, 5.74) is 2.70. The summed E-state index contributed by atoms with van der Waals surface area (Å²) in [6, 6.07) is 9.14. The topological polar surface area (TPSA) is 34.0 Å². The SMILES string of the molecule is CCCNc1ccccc1C1CN1. The fourth-order valence-corrected chi connectivity index (χ4v) is 1.50. The Morgan fingerprint density at radius 3 is 2.92 bits per heavy atom. The van der Waals surface area contributed by atoms with E-state index in [1.807, 2.05) is 0 Å².